The molecule has 0 spiro atoms. The number of carbonyl (C=O) groups is 3. The average Bonchev–Trinajstić information content (AvgIpc) is 2.83. The Labute approximate surface area is 216 Å². The lowest BCUT2D eigenvalue weighted by atomic mass is 10.1. The lowest BCUT2D eigenvalue weighted by molar-refractivity contribution is -0.122. The Morgan fingerprint density at radius 2 is 1.78 bits per heavy atom. The van der Waals surface area contributed by atoms with Crippen molar-refractivity contribution in [1.29, 1.82) is 0 Å². The van der Waals surface area contributed by atoms with Crippen LogP contribution in [0.4, 0.5) is 14.9 Å². The van der Waals surface area contributed by atoms with Gasteiger partial charge in [0.05, 0.1) is 17.8 Å². The summed E-state index contributed by atoms with van der Waals surface area (Å²) in [5.74, 6) is -1.64. The number of methoxy groups -OCH3 is 1. The summed E-state index contributed by atoms with van der Waals surface area (Å²) < 4.78 is 24.6. The van der Waals surface area contributed by atoms with Crippen LogP contribution in [-0.4, -0.2) is 25.0 Å². The summed E-state index contributed by atoms with van der Waals surface area (Å²) in [6.07, 6.45) is 1.29. The minimum Gasteiger partial charge on any atom is -0.493 e. The summed E-state index contributed by atoms with van der Waals surface area (Å²) in [5.41, 5.74) is 1.40. The molecule has 1 saturated heterocycles. The number of benzene rings is 3. The zero-order valence-corrected chi connectivity index (χ0v) is 20.6. The van der Waals surface area contributed by atoms with Crippen LogP contribution in [0.2, 0.25) is 10.0 Å². The van der Waals surface area contributed by atoms with E-state index in [9.17, 15) is 18.8 Å². The van der Waals surface area contributed by atoms with Crippen LogP contribution in [0, 0.1) is 12.7 Å². The van der Waals surface area contributed by atoms with Gasteiger partial charge in [-0.3, -0.25) is 14.9 Å². The molecule has 1 aliphatic heterocycles. The summed E-state index contributed by atoms with van der Waals surface area (Å²) in [6, 6.07) is 12.8. The zero-order chi connectivity index (χ0) is 26.0. The van der Waals surface area contributed by atoms with E-state index in [4.69, 9.17) is 32.7 Å². The number of hydrogen-bond acceptors (Lipinski definition) is 5. The van der Waals surface area contributed by atoms with Crippen LogP contribution in [0.5, 0.6) is 11.5 Å². The van der Waals surface area contributed by atoms with E-state index in [1.165, 1.54) is 37.5 Å². The first kappa shape index (κ1) is 25.2. The Balaban J connectivity index is 1.66. The van der Waals surface area contributed by atoms with Gasteiger partial charge in [0.25, 0.3) is 11.8 Å². The third-order valence-corrected chi connectivity index (χ3v) is 6.11. The van der Waals surface area contributed by atoms with E-state index in [1.807, 2.05) is 0 Å². The summed E-state index contributed by atoms with van der Waals surface area (Å²) in [5, 5.41) is 2.67. The molecule has 184 valence electrons. The number of amides is 4. The highest BCUT2D eigenvalue weighted by Gasteiger charge is 2.37. The zero-order valence-electron chi connectivity index (χ0n) is 19.1. The number of rotatable bonds is 6. The predicted octanol–water partition coefficient (Wildman–Crippen LogP) is 5.69. The van der Waals surface area contributed by atoms with Crippen molar-refractivity contribution in [2.45, 2.75) is 13.5 Å². The minimum absolute atomic E-state index is 0.0330. The van der Waals surface area contributed by atoms with Crippen molar-refractivity contribution in [2.24, 2.45) is 0 Å². The molecule has 36 heavy (non-hydrogen) atoms. The second kappa shape index (κ2) is 10.4. The molecule has 0 aromatic heterocycles. The van der Waals surface area contributed by atoms with Gasteiger partial charge < -0.3 is 9.47 Å². The molecule has 0 atom stereocenters. The van der Waals surface area contributed by atoms with Gasteiger partial charge >= 0.3 is 6.03 Å². The minimum atomic E-state index is -0.885. The Bertz CT molecular complexity index is 1420. The van der Waals surface area contributed by atoms with E-state index in [0.717, 1.165) is 4.90 Å². The number of ether oxygens (including phenoxy) is 2. The van der Waals surface area contributed by atoms with E-state index < -0.39 is 23.7 Å². The first-order valence-electron chi connectivity index (χ1n) is 10.6. The molecule has 3 aromatic rings. The average molecular weight is 529 g/mol. The quantitative estimate of drug-likeness (QED) is 0.328. The van der Waals surface area contributed by atoms with Gasteiger partial charge in [0.1, 0.15) is 18.0 Å². The number of nitrogens with zero attached hydrogens (tertiary/aromatic N) is 1. The topological polar surface area (TPSA) is 84.9 Å². The number of urea groups is 1. The van der Waals surface area contributed by atoms with Crippen LogP contribution in [0.15, 0.2) is 60.2 Å². The van der Waals surface area contributed by atoms with Gasteiger partial charge in [-0.05, 0) is 66.1 Å². The maximum Gasteiger partial charge on any atom is 0.335 e. The molecular weight excluding hydrogens is 510 g/mol. The van der Waals surface area contributed by atoms with Crippen LogP contribution < -0.4 is 19.7 Å². The summed E-state index contributed by atoms with van der Waals surface area (Å²) in [6.45, 7) is 1.69. The van der Waals surface area contributed by atoms with E-state index in [2.05, 4.69) is 5.32 Å². The van der Waals surface area contributed by atoms with Crippen molar-refractivity contribution in [2.75, 3.05) is 12.0 Å². The normalized spacial score (nSPS) is 14.8. The van der Waals surface area contributed by atoms with Crippen LogP contribution in [0.25, 0.3) is 6.08 Å². The van der Waals surface area contributed by atoms with E-state index in [0.29, 0.717) is 21.7 Å². The van der Waals surface area contributed by atoms with E-state index >= 15 is 0 Å². The standard InChI is InChI=1S/C26H19Cl2FN2O5/c1-14-19(27)7-4-8-21(14)31-25(33)18(24(32)30-26(31)34)10-16-11-20(28)23(22(12-16)35-2)36-13-15-5-3-6-17(29)9-15/h3-12H,13H2,1-2H3,(H,30,32,34)/b18-10+. The summed E-state index contributed by atoms with van der Waals surface area (Å²) in [7, 11) is 1.40. The number of barbiturate groups is 1. The first-order valence-corrected chi connectivity index (χ1v) is 11.4. The predicted molar refractivity (Wildman–Crippen MR) is 134 cm³/mol. The molecule has 10 heteroatoms. The lowest BCUT2D eigenvalue weighted by Crippen LogP contribution is -2.54. The Morgan fingerprint density at radius 1 is 1.03 bits per heavy atom. The van der Waals surface area contributed by atoms with Gasteiger partial charge in [-0.1, -0.05) is 41.4 Å². The number of halogens is 3. The van der Waals surface area contributed by atoms with Crippen molar-refractivity contribution in [3.8, 4) is 11.5 Å². The van der Waals surface area contributed by atoms with Gasteiger partial charge in [0.15, 0.2) is 11.5 Å². The van der Waals surface area contributed by atoms with Crippen molar-refractivity contribution in [3.05, 3.63) is 92.7 Å². The van der Waals surface area contributed by atoms with Crippen molar-refractivity contribution in [3.63, 3.8) is 0 Å². The molecule has 0 bridgehead atoms. The molecule has 0 aliphatic carbocycles. The number of nitrogens with one attached hydrogen (secondary N) is 1. The molecule has 1 fully saturated rings. The number of anilines is 1. The molecule has 0 unspecified atom stereocenters. The summed E-state index contributed by atoms with van der Waals surface area (Å²) >= 11 is 12.6. The molecule has 1 aliphatic rings. The molecular formula is C26H19Cl2FN2O5. The molecule has 0 saturated carbocycles. The third kappa shape index (κ3) is 5.05. The largest absolute Gasteiger partial charge is 0.493 e. The molecule has 0 radical (unpaired) electrons. The highest BCUT2D eigenvalue weighted by Crippen LogP contribution is 2.38. The van der Waals surface area contributed by atoms with Crippen LogP contribution >= 0.6 is 23.2 Å². The second-order valence-electron chi connectivity index (χ2n) is 7.79. The molecule has 4 rings (SSSR count). The Hall–Kier alpha value is -3.88. The first-order chi connectivity index (χ1) is 17.2. The highest BCUT2D eigenvalue weighted by molar-refractivity contribution is 6.40. The van der Waals surface area contributed by atoms with Crippen molar-refractivity contribution in [1.82, 2.24) is 5.32 Å². The van der Waals surface area contributed by atoms with E-state index in [1.54, 1.807) is 37.3 Å². The third-order valence-electron chi connectivity index (χ3n) is 5.42. The number of hydrogen-bond donors (Lipinski definition) is 1. The number of carbonyl (C=O) groups excluding carboxylic acids is 3. The summed E-state index contributed by atoms with van der Waals surface area (Å²) in [4.78, 5) is 39.1. The maximum absolute atomic E-state index is 13.5. The monoisotopic (exact) mass is 528 g/mol. The molecule has 4 amide bonds. The fourth-order valence-electron chi connectivity index (χ4n) is 3.63. The SMILES string of the molecule is COc1cc(/C=C2\C(=O)NC(=O)N(c3cccc(Cl)c3C)C2=O)cc(Cl)c1OCc1cccc(F)c1. The highest BCUT2D eigenvalue weighted by atomic mass is 35.5. The fraction of sp³-hybridized carbons (Fsp3) is 0.115. The smallest absolute Gasteiger partial charge is 0.335 e. The molecule has 1 N–H and O–H groups in total. The van der Waals surface area contributed by atoms with E-state index in [-0.39, 0.29) is 34.4 Å². The maximum atomic E-state index is 13.5. The molecule has 3 aromatic carbocycles. The van der Waals surface area contributed by atoms with Gasteiger partial charge in [-0.15, -0.1) is 0 Å². The second-order valence-corrected chi connectivity index (χ2v) is 8.61. The van der Waals surface area contributed by atoms with Gasteiger partial charge in [-0.25, -0.2) is 14.1 Å². The van der Waals surface area contributed by atoms with Crippen LogP contribution in [-0.2, 0) is 16.2 Å². The van der Waals surface area contributed by atoms with Gasteiger partial charge in [0.2, 0.25) is 0 Å². The van der Waals surface area contributed by atoms with Crippen molar-refractivity contribution >= 4 is 52.8 Å². The molecule has 1 heterocycles. The Morgan fingerprint density at radius 3 is 2.50 bits per heavy atom. The van der Waals surface area contributed by atoms with Gasteiger partial charge in [0, 0.05) is 5.02 Å². The fourth-order valence-corrected chi connectivity index (χ4v) is 4.07. The Kier molecular flexibility index (Phi) is 7.28. The number of imide groups is 2. The van der Waals surface area contributed by atoms with Crippen LogP contribution in [0.1, 0.15) is 16.7 Å². The van der Waals surface area contributed by atoms with Crippen molar-refractivity contribution < 1.29 is 28.2 Å². The molecule has 7 nitrogen and oxygen atoms in total. The van der Waals surface area contributed by atoms with Crippen LogP contribution in [0.3, 0.4) is 0 Å². The lowest BCUT2D eigenvalue weighted by Gasteiger charge is -2.27. The van der Waals surface area contributed by atoms with Gasteiger partial charge in [-0.2, -0.15) is 0 Å².